The van der Waals surface area contributed by atoms with E-state index in [-0.39, 0.29) is 29.2 Å². The molecule has 0 saturated heterocycles. The van der Waals surface area contributed by atoms with Crippen LogP contribution in [0.15, 0.2) is 77.7 Å². The smallest absolute Gasteiger partial charge is 0.315 e. The van der Waals surface area contributed by atoms with Crippen LogP contribution in [0.25, 0.3) is 0 Å². The summed E-state index contributed by atoms with van der Waals surface area (Å²) in [6, 6.07) is 18.5. The summed E-state index contributed by atoms with van der Waals surface area (Å²) < 4.78 is 46.0. The minimum Gasteiger partial charge on any atom is -0.491 e. The van der Waals surface area contributed by atoms with Gasteiger partial charge in [-0.3, -0.25) is 4.72 Å². The molecular formula is C23H22FN3O4S. The predicted molar refractivity (Wildman–Crippen MR) is 118 cm³/mol. The van der Waals surface area contributed by atoms with Gasteiger partial charge in [-0.1, -0.05) is 30.3 Å². The number of para-hydroxylation sites is 1. The van der Waals surface area contributed by atoms with Gasteiger partial charge in [-0.25, -0.2) is 17.6 Å². The molecule has 1 heterocycles. The van der Waals surface area contributed by atoms with Crippen LogP contribution >= 0.6 is 0 Å². The average Bonchev–Trinajstić information content (AvgIpc) is 2.79. The number of hydrogen-bond donors (Lipinski definition) is 3. The van der Waals surface area contributed by atoms with Crippen LogP contribution in [0.3, 0.4) is 0 Å². The normalized spacial score (nSPS) is 15.2. The minimum atomic E-state index is -3.80. The first-order valence-electron chi connectivity index (χ1n) is 10.0. The monoisotopic (exact) mass is 455 g/mol. The third kappa shape index (κ3) is 5.36. The molecule has 4 rings (SSSR count). The summed E-state index contributed by atoms with van der Waals surface area (Å²) in [6.07, 6.45) is 0.692. The number of hydrogen-bond acceptors (Lipinski definition) is 4. The first-order valence-corrected chi connectivity index (χ1v) is 11.5. The van der Waals surface area contributed by atoms with Crippen molar-refractivity contribution in [2.45, 2.75) is 23.9 Å². The Bertz CT molecular complexity index is 1200. The highest BCUT2D eigenvalue weighted by Crippen LogP contribution is 2.23. The maximum atomic E-state index is 13.0. The fraction of sp³-hybridized carbons (Fsp3) is 0.174. The standard InChI is InChI=1S/C23H22FN3O4S/c24-18-7-9-19(10-8-18)27-32(29,30)21-11-5-16(6-12-21)14-25-23(28)26-20-13-17-3-1-2-4-22(17)31-15-20/h1-12,20,27H,13-15H2,(H2,25,26,28). The van der Waals surface area contributed by atoms with E-state index in [4.69, 9.17) is 4.74 Å². The zero-order valence-corrected chi connectivity index (χ0v) is 17.9. The number of halogens is 1. The van der Waals surface area contributed by atoms with Gasteiger partial charge in [-0.05, 0) is 60.0 Å². The average molecular weight is 456 g/mol. The number of benzene rings is 3. The Balaban J connectivity index is 1.29. The molecule has 3 aromatic rings. The van der Waals surface area contributed by atoms with Crippen molar-refractivity contribution >= 4 is 21.7 Å². The summed E-state index contributed by atoms with van der Waals surface area (Å²) in [6.45, 7) is 0.639. The van der Waals surface area contributed by atoms with E-state index in [0.717, 1.165) is 16.9 Å². The summed E-state index contributed by atoms with van der Waals surface area (Å²) in [4.78, 5) is 12.3. The number of rotatable bonds is 6. The third-order valence-electron chi connectivity index (χ3n) is 5.00. The molecule has 7 nitrogen and oxygen atoms in total. The molecule has 0 aliphatic carbocycles. The number of carbonyl (C=O) groups is 1. The first kappa shape index (κ1) is 21.6. The predicted octanol–water partition coefficient (Wildman–Crippen LogP) is 3.43. The number of nitrogens with one attached hydrogen (secondary N) is 3. The van der Waals surface area contributed by atoms with E-state index in [0.29, 0.717) is 13.0 Å². The topological polar surface area (TPSA) is 96.5 Å². The van der Waals surface area contributed by atoms with Crippen molar-refractivity contribution in [3.05, 3.63) is 89.7 Å². The maximum absolute atomic E-state index is 13.0. The van der Waals surface area contributed by atoms with Crippen LogP contribution in [0.4, 0.5) is 14.9 Å². The first-order chi connectivity index (χ1) is 15.4. The lowest BCUT2D eigenvalue weighted by Gasteiger charge is -2.26. The molecule has 0 spiro atoms. The van der Waals surface area contributed by atoms with Crippen molar-refractivity contribution in [1.82, 2.24) is 10.6 Å². The lowest BCUT2D eigenvalue weighted by atomic mass is 10.0. The number of fused-ring (bicyclic) bond motifs is 1. The molecule has 1 atom stereocenters. The van der Waals surface area contributed by atoms with E-state index in [1.54, 1.807) is 12.1 Å². The Hall–Kier alpha value is -3.59. The van der Waals surface area contributed by atoms with E-state index in [2.05, 4.69) is 15.4 Å². The maximum Gasteiger partial charge on any atom is 0.315 e. The van der Waals surface area contributed by atoms with E-state index in [9.17, 15) is 17.6 Å². The minimum absolute atomic E-state index is 0.0630. The van der Waals surface area contributed by atoms with Gasteiger partial charge in [-0.2, -0.15) is 0 Å². The van der Waals surface area contributed by atoms with Crippen LogP contribution in [0.2, 0.25) is 0 Å². The van der Waals surface area contributed by atoms with Gasteiger partial charge in [0.2, 0.25) is 0 Å². The number of ether oxygens (including phenoxy) is 1. The van der Waals surface area contributed by atoms with Crippen molar-refractivity contribution in [2.24, 2.45) is 0 Å². The molecule has 32 heavy (non-hydrogen) atoms. The number of anilines is 1. The molecule has 0 bridgehead atoms. The second kappa shape index (κ2) is 9.27. The molecule has 1 aliphatic heterocycles. The van der Waals surface area contributed by atoms with Gasteiger partial charge in [0.25, 0.3) is 10.0 Å². The quantitative estimate of drug-likeness (QED) is 0.531. The van der Waals surface area contributed by atoms with Gasteiger partial charge in [0.1, 0.15) is 18.2 Å². The summed E-state index contributed by atoms with van der Waals surface area (Å²) in [5, 5.41) is 5.66. The highest BCUT2D eigenvalue weighted by Gasteiger charge is 2.21. The van der Waals surface area contributed by atoms with E-state index < -0.39 is 15.8 Å². The van der Waals surface area contributed by atoms with Crippen molar-refractivity contribution in [1.29, 1.82) is 0 Å². The van der Waals surface area contributed by atoms with Gasteiger partial charge in [-0.15, -0.1) is 0 Å². The number of amides is 2. The highest BCUT2D eigenvalue weighted by molar-refractivity contribution is 7.92. The highest BCUT2D eigenvalue weighted by atomic mass is 32.2. The van der Waals surface area contributed by atoms with Crippen LogP contribution < -0.4 is 20.1 Å². The molecule has 1 unspecified atom stereocenters. The molecule has 0 fully saturated rings. The zero-order valence-electron chi connectivity index (χ0n) is 17.0. The van der Waals surface area contributed by atoms with Crippen LogP contribution in [-0.2, 0) is 23.0 Å². The van der Waals surface area contributed by atoms with Gasteiger partial charge < -0.3 is 15.4 Å². The lowest BCUT2D eigenvalue weighted by molar-refractivity contribution is 0.214. The Morgan fingerprint density at radius 3 is 2.47 bits per heavy atom. The van der Waals surface area contributed by atoms with E-state index in [1.807, 2.05) is 24.3 Å². The molecular weight excluding hydrogens is 433 g/mol. The SMILES string of the molecule is O=C(NCc1ccc(S(=O)(=O)Nc2ccc(F)cc2)cc1)NC1COc2ccccc2C1. The molecule has 2 amide bonds. The van der Waals surface area contributed by atoms with Crippen molar-refractivity contribution < 1.29 is 22.3 Å². The number of urea groups is 1. The van der Waals surface area contributed by atoms with Gasteiger partial charge in [0, 0.05) is 12.2 Å². The molecule has 166 valence electrons. The van der Waals surface area contributed by atoms with Gasteiger partial charge in [0.05, 0.1) is 10.9 Å². The van der Waals surface area contributed by atoms with Gasteiger partial charge >= 0.3 is 6.03 Å². The van der Waals surface area contributed by atoms with Crippen molar-refractivity contribution in [2.75, 3.05) is 11.3 Å². The van der Waals surface area contributed by atoms with Crippen LogP contribution in [0.1, 0.15) is 11.1 Å². The van der Waals surface area contributed by atoms with E-state index in [1.165, 1.54) is 36.4 Å². The molecule has 0 radical (unpaired) electrons. The van der Waals surface area contributed by atoms with Crippen LogP contribution in [-0.4, -0.2) is 27.1 Å². The molecule has 9 heteroatoms. The Morgan fingerprint density at radius 1 is 1.00 bits per heavy atom. The molecule has 0 aromatic heterocycles. The van der Waals surface area contributed by atoms with Crippen molar-refractivity contribution in [3.63, 3.8) is 0 Å². The second-order valence-electron chi connectivity index (χ2n) is 7.40. The fourth-order valence-corrected chi connectivity index (χ4v) is 4.42. The number of carbonyl (C=O) groups excluding carboxylic acids is 1. The second-order valence-corrected chi connectivity index (χ2v) is 9.09. The molecule has 3 aromatic carbocycles. The van der Waals surface area contributed by atoms with Crippen LogP contribution in [0, 0.1) is 5.82 Å². The van der Waals surface area contributed by atoms with Crippen LogP contribution in [0.5, 0.6) is 5.75 Å². The van der Waals surface area contributed by atoms with Crippen molar-refractivity contribution in [3.8, 4) is 5.75 Å². The summed E-state index contributed by atoms with van der Waals surface area (Å²) >= 11 is 0. The lowest BCUT2D eigenvalue weighted by Crippen LogP contribution is -2.47. The largest absolute Gasteiger partial charge is 0.491 e. The Labute approximate surface area is 185 Å². The van der Waals surface area contributed by atoms with E-state index >= 15 is 0 Å². The molecule has 1 aliphatic rings. The summed E-state index contributed by atoms with van der Waals surface area (Å²) in [5.41, 5.74) is 2.06. The Morgan fingerprint density at radius 2 is 1.72 bits per heavy atom. The third-order valence-corrected chi connectivity index (χ3v) is 6.39. The zero-order chi connectivity index (χ0) is 22.6. The number of sulfonamides is 1. The summed E-state index contributed by atoms with van der Waals surface area (Å²) in [7, 11) is -3.80. The summed E-state index contributed by atoms with van der Waals surface area (Å²) in [5.74, 6) is 0.393. The molecule has 0 saturated carbocycles. The fourth-order valence-electron chi connectivity index (χ4n) is 3.36. The Kier molecular flexibility index (Phi) is 6.27. The van der Waals surface area contributed by atoms with Gasteiger partial charge in [0.15, 0.2) is 0 Å². The molecule has 3 N–H and O–H groups in total.